The lowest BCUT2D eigenvalue weighted by molar-refractivity contribution is 0.0420. The summed E-state index contributed by atoms with van der Waals surface area (Å²) in [6, 6.07) is 5.08. The highest BCUT2D eigenvalue weighted by Crippen LogP contribution is 2.26. The topological polar surface area (TPSA) is 49.3 Å². The van der Waals surface area contributed by atoms with E-state index >= 15 is 0 Å². The van der Waals surface area contributed by atoms with Crippen LogP contribution in [0.25, 0.3) is 0 Å². The van der Waals surface area contributed by atoms with Crippen molar-refractivity contribution < 1.29 is 9.90 Å². The summed E-state index contributed by atoms with van der Waals surface area (Å²) in [7, 11) is 0. The molecule has 0 atom stereocenters. The molecule has 1 aromatic carbocycles. The van der Waals surface area contributed by atoms with Gasteiger partial charge in [0, 0.05) is 16.6 Å². The zero-order valence-electron chi connectivity index (χ0n) is 9.12. The minimum Gasteiger partial charge on any atom is -0.393 e. The lowest BCUT2D eigenvalue weighted by atomic mass is 9.82. The smallest absolute Gasteiger partial charge is 0.251 e. The standard InChI is InChI=1S/C12H13BrClNO2/c13-10-5-8(1-2-11(10)14)12(17)15-6-7-3-9(16)4-7/h1-2,5,7,9,16H,3-4,6H2,(H,15,17). The first-order chi connectivity index (χ1) is 8.06. The second-order valence-corrected chi connectivity index (χ2v) is 5.59. The molecule has 1 amide bonds. The van der Waals surface area contributed by atoms with Crippen LogP contribution in [-0.4, -0.2) is 23.7 Å². The van der Waals surface area contributed by atoms with Crippen LogP contribution in [0.15, 0.2) is 22.7 Å². The van der Waals surface area contributed by atoms with Crippen LogP contribution in [0.5, 0.6) is 0 Å². The molecule has 2 N–H and O–H groups in total. The van der Waals surface area contributed by atoms with Crippen LogP contribution < -0.4 is 5.32 Å². The van der Waals surface area contributed by atoms with Crippen molar-refractivity contribution in [3.05, 3.63) is 33.3 Å². The van der Waals surface area contributed by atoms with Crippen LogP contribution in [0.2, 0.25) is 5.02 Å². The molecule has 17 heavy (non-hydrogen) atoms. The Morgan fingerprint density at radius 3 is 2.82 bits per heavy atom. The minimum absolute atomic E-state index is 0.108. The summed E-state index contributed by atoms with van der Waals surface area (Å²) in [6.45, 7) is 0.621. The van der Waals surface area contributed by atoms with Crippen LogP contribution in [-0.2, 0) is 0 Å². The predicted molar refractivity (Wildman–Crippen MR) is 70.2 cm³/mol. The summed E-state index contributed by atoms with van der Waals surface area (Å²) < 4.78 is 0.714. The molecule has 0 aliphatic heterocycles. The highest BCUT2D eigenvalue weighted by atomic mass is 79.9. The van der Waals surface area contributed by atoms with Gasteiger partial charge in [-0.1, -0.05) is 11.6 Å². The Labute approximate surface area is 113 Å². The maximum atomic E-state index is 11.8. The SMILES string of the molecule is O=C(NCC1CC(O)C1)c1ccc(Cl)c(Br)c1. The van der Waals surface area contributed by atoms with E-state index in [1.165, 1.54) is 0 Å². The fourth-order valence-electron chi connectivity index (χ4n) is 1.84. The maximum absolute atomic E-state index is 11.8. The third kappa shape index (κ3) is 3.21. The second-order valence-electron chi connectivity index (χ2n) is 4.33. The molecular formula is C12H13BrClNO2. The van der Waals surface area contributed by atoms with E-state index in [0.717, 1.165) is 12.8 Å². The van der Waals surface area contributed by atoms with Crippen molar-refractivity contribution in [1.29, 1.82) is 0 Å². The van der Waals surface area contributed by atoms with E-state index in [4.69, 9.17) is 16.7 Å². The van der Waals surface area contributed by atoms with Crippen LogP contribution in [0.1, 0.15) is 23.2 Å². The molecule has 0 bridgehead atoms. The minimum atomic E-state index is -0.179. The van der Waals surface area contributed by atoms with Gasteiger partial charge in [0.05, 0.1) is 11.1 Å². The van der Waals surface area contributed by atoms with E-state index in [-0.39, 0.29) is 12.0 Å². The molecule has 1 aliphatic rings. The number of carbonyl (C=O) groups excluding carboxylic acids is 1. The Bertz CT molecular complexity index is 433. The van der Waals surface area contributed by atoms with Gasteiger partial charge in [0.25, 0.3) is 5.91 Å². The summed E-state index contributed by atoms with van der Waals surface area (Å²) in [4.78, 5) is 11.8. The first-order valence-electron chi connectivity index (χ1n) is 5.47. The summed E-state index contributed by atoms with van der Waals surface area (Å²) >= 11 is 9.14. The number of aliphatic hydroxyl groups excluding tert-OH is 1. The Morgan fingerprint density at radius 1 is 1.53 bits per heavy atom. The molecule has 3 nitrogen and oxygen atoms in total. The lowest BCUT2D eigenvalue weighted by Gasteiger charge is -2.31. The molecular weight excluding hydrogens is 305 g/mol. The largest absolute Gasteiger partial charge is 0.393 e. The molecule has 1 fully saturated rings. The molecule has 92 valence electrons. The van der Waals surface area contributed by atoms with E-state index in [9.17, 15) is 4.79 Å². The fourth-order valence-corrected chi connectivity index (χ4v) is 2.34. The van der Waals surface area contributed by atoms with E-state index < -0.39 is 0 Å². The Balaban J connectivity index is 1.88. The molecule has 0 heterocycles. The molecule has 0 spiro atoms. The lowest BCUT2D eigenvalue weighted by Crippen LogP contribution is -2.38. The first kappa shape index (κ1) is 12.9. The van der Waals surface area contributed by atoms with Gasteiger partial charge in [0.1, 0.15) is 0 Å². The van der Waals surface area contributed by atoms with Gasteiger partial charge in [-0.25, -0.2) is 0 Å². The third-order valence-electron chi connectivity index (χ3n) is 2.94. The molecule has 0 saturated heterocycles. The van der Waals surface area contributed by atoms with Gasteiger partial charge in [0.15, 0.2) is 0 Å². The van der Waals surface area contributed by atoms with Crippen molar-refractivity contribution in [3.8, 4) is 0 Å². The molecule has 0 radical (unpaired) electrons. The Kier molecular flexibility index (Phi) is 4.07. The highest BCUT2D eigenvalue weighted by Gasteiger charge is 2.27. The van der Waals surface area contributed by atoms with Crippen molar-refractivity contribution in [3.63, 3.8) is 0 Å². The van der Waals surface area contributed by atoms with Gasteiger partial charge in [-0.3, -0.25) is 4.79 Å². The average molecular weight is 319 g/mol. The number of nitrogens with one attached hydrogen (secondary N) is 1. The number of aliphatic hydroxyl groups is 1. The first-order valence-corrected chi connectivity index (χ1v) is 6.64. The van der Waals surface area contributed by atoms with E-state index in [1.807, 2.05) is 0 Å². The summed E-state index contributed by atoms with van der Waals surface area (Å²) in [5.74, 6) is 0.299. The number of hydrogen-bond acceptors (Lipinski definition) is 2. The Morgan fingerprint density at radius 2 is 2.24 bits per heavy atom. The second kappa shape index (κ2) is 5.38. The number of hydrogen-bond donors (Lipinski definition) is 2. The summed E-state index contributed by atoms with van der Waals surface area (Å²) in [5, 5.41) is 12.6. The van der Waals surface area contributed by atoms with Crippen molar-refractivity contribution in [2.45, 2.75) is 18.9 Å². The van der Waals surface area contributed by atoms with Gasteiger partial charge in [-0.2, -0.15) is 0 Å². The number of carbonyl (C=O) groups is 1. The molecule has 2 rings (SSSR count). The number of halogens is 2. The molecule has 1 aliphatic carbocycles. The van der Waals surface area contributed by atoms with Crippen molar-refractivity contribution in [2.24, 2.45) is 5.92 Å². The van der Waals surface area contributed by atoms with Gasteiger partial charge < -0.3 is 10.4 Å². The average Bonchev–Trinajstić information content (AvgIpc) is 2.26. The van der Waals surface area contributed by atoms with Crippen molar-refractivity contribution in [1.82, 2.24) is 5.32 Å². The molecule has 1 saturated carbocycles. The van der Waals surface area contributed by atoms with E-state index in [0.29, 0.717) is 27.5 Å². The highest BCUT2D eigenvalue weighted by molar-refractivity contribution is 9.10. The molecule has 1 aromatic rings. The predicted octanol–water partition coefficient (Wildman–Crippen LogP) is 2.60. The number of rotatable bonds is 3. The molecule has 0 unspecified atom stereocenters. The van der Waals surface area contributed by atoms with Crippen molar-refractivity contribution >= 4 is 33.4 Å². The van der Waals surface area contributed by atoms with Crippen LogP contribution in [0.3, 0.4) is 0 Å². The van der Waals surface area contributed by atoms with Crippen molar-refractivity contribution in [2.75, 3.05) is 6.54 Å². The summed E-state index contributed by atoms with van der Waals surface area (Å²) in [6.07, 6.45) is 1.39. The van der Waals surface area contributed by atoms with Crippen LogP contribution in [0.4, 0.5) is 0 Å². The number of amides is 1. The monoisotopic (exact) mass is 317 g/mol. The van der Waals surface area contributed by atoms with Gasteiger partial charge >= 0.3 is 0 Å². The summed E-state index contributed by atoms with van der Waals surface area (Å²) in [5.41, 5.74) is 0.584. The van der Waals surface area contributed by atoms with Crippen LogP contribution >= 0.6 is 27.5 Å². The normalized spacial score (nSPS) is 23.0. The quantitative estimate of drug-likeness (QED) is 0.900. The third-order valence-corrected chi connectivity index (χ3v) is 4.16. The zero-order valence-corrected chi connectivity index (χ0v) is 11.5. The number of benzene rings is 1. The molecule has 5 heteroatoms. The van der Waals surface area contributed by atoms with Gasteiger partial charge in [0.2, 0.25) is 0 Å². The Hall–Kier alpha value is -0.580. The van der Waals surface area contributed by atoms with E-state index in [2.05, 4.69) is 21.2 Å². The van der Waals surface area contributed by atoms with Gasteiger partial charge in [-0.05, 0) is 52.9 Å². The fraction of sp³-hybridized carbons (Fsp3) is 0.417. The van der Waals surface area contributed by atoms with E-state index in [1.54, 1.807) is 18.2 Å². The molecule has 0 aromatic heterocycles. The zero-order chi connectivity index (χ0) is 12.4. The van der Waals surface area contributed by atoms with Gasteiger partial charge in [-0.15, -0.1) is 0 Å². The van der Waals surface area contributed by atoms with Crippen LogP contribution in [0, 0.1) is 5.92 Å². The maximum Gasteiger partial charge on any atom is 0.251 e.